The predicted octanol–water partition coefficient (Wildman–Crippen LogP) is 3.69. The van der Waals surface area contributed by atoms with Gasteiger partial charge in [0.25, 0.3) is 0 Å². The molecule has 0 aliphatic heterocycles. The monoisotopic (exact) mass is 256 g/mol. The molecule has 2 rings (SSSR count). The fourth-order valence-electron chi connectivity index (χ4n) is 1.99. The molecule has 5 heteroatoms. The van der Waals surface area contributed by atoms with E-state index >= 15 is 0 Å². The normalized spacial score (nSPS) is 10.9. The van der Waals surface area contributed by atoms with E-state index in [9.17, 15) is 18.3 Å². The number of halogens is 3. The highest BCUT2D eigenvalue weighted by Crippen LogP contribution is 2.36. The Labute approximate surface area is 102 Å². The summed E-state index contributed by atoms with van der Waals surface area (Å²) in [7, 11) is 0. The second-order valence-corrected chi connectivity index (χ2v) is 3.81. The van der Waals surface area contributed by atoms with Crippen molar-refractivity contribution >= 4 is 10.8 Å². The van der Waals surface area contributed by atoms with Gasteiger partial charge < -0.3 is 9.84 Å². The minimum Gasteiger partial charge on any atom is -0.508 e. The van der Waals surface area contributed by atoms with Gasteiger partial charge in [-0.05, 0) is 35.6 Å². The summed E-state index contributed by atoms with van der Waals surface area (Å²) >= 11 is 0. The maximum atomic E-state index is 13.6. The lowest BCUT2D eigenvalue weighted by Gasteiger charge is -2.12. The quantitative estimate of drug-likeness (QED) is 0.907. The van der Waals surface area contributed by atoms with E-state index in [1.807, 2.05) is 0 Å². The van der Waals surface area contributed by atoms with Crippen LogP contribution in [0.2, 0.25) is 0 Å². The molecule has 0 aliphatic carbocycles. The van der Waals surface area contributed by atoms with Gasteiger partial charge in [-0.2, -0.15) is 4.39 Å². The minimum atomic E-state index is -1.25. The van der Waals surface area contributed by atoms with Crippen molar-refractivity contribution in [2.45, 2.75) is 13.3 Å². The van der Waals surface area contributed by atoms with E-state index in [2.05, 4.69) is 4.74 Å². The number of alkyl halides is 1. The summed E-state index contributed by atoms with van der Waals surface area (Å²) in [6.07, 6.45) is 0.471. The zero-order valence-corrected chi connectivity index (χ0v) is 9.64. The molecule has 2 nitrogen and oxygen atoms in total. The van der Waals surface area contributed by atoms with E-state index in [1.165, 1.54) is 12.1 Å². The van der Waals surface area contributed by atoms with Gasteiger partial charge in [-0.1, -0.05) is 6.92 Å². The van der Waals surface area contributed by atoms with E-state index < -0.39 is 24.2 Å². The lowest BCUT2D eigenvalue weighted by molar-refractivity contribution is 0.185. The molecule has 18 heavy (non-hydrogen) atoms. The van der Waals surface area contributed by atoms with E-state index in [0.29, 0.717) is 12.0 Å². The third-order valence-electron chi connectivity index (χ3n) is 2.73. The van der Waals surface area contributed by atoms with Crippen LogP contribution in [0.3, 0.4) is 0 Å². The molecule has 0 spiro atoms. The van der Waals surface area contributed by atoms with Crippen LogP contribution in [0.25, 0.3) is 10.8 Å². The van der Waals surface area contributed by atoms with Gasteiger partial charge in [0.1, 0.15) is 5.75 Å². The van der Waals surface area contributed by atoms with Crippen LogP contribution in [0, 0.1) is 11.6 Å². The van der Waals surface area contributed by atoms with Crippen molar-refractivity contribution in [1.82, 2.24) is 0 Å². The molecule has 0 amide bonds. The summed E-state index contributed by atoms with van der Waals surface area (Å²) in [6, 6.07) is 3.65. The van der Waals surface area contributed by atoms with Crippen LogP contribution in [-0.2, 0) is 6.42 Å². The Hall–Kier alpha value is -1.91. The first-order valence-corrected chi connectivity index (χ1v) is 5.40. The lowest BCUT2D eigenvalue weighted by atomic mass is 10.0. The van der Waals surface area contributed by atoms with Gasteiger partial charge in [-0.25, -0.2) is 8.78 Å². The molecule has 2 aromatic carbocycles. The van der Waals surface area contributed by atoms with Gasteiger partial charge in [-0.15, -0.1) is 0 Å². The van der Waals surface area contributed by atoms with Crippen LogP contribution in [0.1, 0.15) is 12.5 Å². The number of hydrogen-bond donors (Lipinski definition) is 1. The Morgan fingerprint density at radius 1 is 1.22 bits per heavy atom. The van der Waals surface area contributed by atoms with E-state index in [4.69, 9.17) is 0 Å². The SMILES string of the molecule is CCc1cc(O)cc2cc(F)c(F)c(OCF)c12. The molecule has 96 valence electrons. The number of aromatic hydroxyl groups is 1. The molecular formula is C13H11F3O2. The summed E-state index contributed by atoms with van der Waals surface area (Å²) < 4.78 is 43.8. The fourth-order valence-corrected chi connectivity index (χ4v) is 1.99. The number of phenolic OH excluding ortho intramolecular Hbond substituents is 1. The number of phenols is 1. The van der Waals surface area contributed by atoms with Crippen molar-refractivity contribution in [3.63, 3.8) is 0 Å². The minimum absolute atomic E-state index is 0.0587. The molecular weight excluding hydrogens is 245 g/mol. The molecule has 0 saturated carbocycles. The van der Waals surface area contributed by atoms with Crippen LogP contribution < -0.4 is 4.74 Å². The number of aryl methyl sites for hydroxylation is 1. The van der Waals surface area contributed by atoms with Crippen molar-refractivity contribution in [2.24, 2.45) is 0 Å². The number of benzene rings is 2. The first kappa shape index (κ1) is 12.5. The molecule has 2 aromatic rings. The summed E-state index contributed by atoms with van der Waals surface area (Å²) in [5.74, 6) is -2.87. The number of rotatable bonds is 3. The summed E-state index contributed by atoms with van der Waals surface area (Å²) in [6.45, 7) is 0.536. The third-order valence-corrected chi connectivity index (χ3v) is 2.73. The maximum absolute atomic E-state index is 13.6. The highest BCUT2D eigenvalue weighted by atomic mass is 19.2. The van der Waals surface area contributed by atoms with Crippen molar-refractivity contribution in [1.29, 1.82) is 0 Å². The van der Waals surface area contributed by atoms with Crippen LogP contribution >= 0.6 is 0 Å². The fraction of sp³-hybridized carbons (Fsp3) is 0.231. The molecule has 0 heterocycles. The topological polar surface area (TPSA) is 29.5 Å². The summed E-state index contributed by atoms with van der Waals surface area (Å²) in [5, 5.41) is 10.0. The highest BCUT2D eigenvalue weighted by molar-refractivity contribution is 5.92. The average molecular weight is 256 g/mol. The van der Waals surface area contributed by atoms with E-state index in [-0.39, 0.29) is 16.5 Å². The van der Waals surface area contributed by atoms with Gasteiger partial charge in [0.15, 0.2) is 11.6 Å². The molecule has 0 atom stereocenters. The Bertz CT molecular complexity index is 597. The molecule has 0 unspecified atom stereocenters. The smallest absolute Gasteiger partial charge is 0.228 e. The molecule has 0 radical (unpaired) electrons. The van der Waals surface area contributed by atoms with E-state index in [0.717, 1.165) is 6.07 Å². The Kier molecular flexibility index (Phi) is 3.32. The molecule has 0 bridgehead atoms. The standard InChI is InChI=1S/C13H11F3O2/c1-2-7-3-9(17)4-8-5-10(15)12(16)13(11(7)8)18-6-14/h3-5,17H,2,6H2,1H3. The third kappa shape index (κ3) is 1.96. The van der Waals surface area contributed by atoms with Crippen molar-refractivity contribution < 1.29 is 23.0 Å². The second kappa shape index (κ2) is 4.76. The van der Waals surface area contributed by atoms with Crippen LogP contribution in [0.5, 0.6) is 11.5 Å². The van der Waals surface area contributed by atoms with E-state index in [1.54, 1.807) is 6.92 Å². The lowest BCUT2D eigenvalue weighted by Crippen LogP contribution is -1.99. The first-order chi connectivity index (χ1) is 8.58. The maximum Gasteiger partial charge on any atom is 0.228 e. The highest BCUT2D eigenvalue weighted by Gasteiger charge is 2.18. The predicted molar refractivity (Wildman–Crippen MR) is 61.5 cm³/mol. The summed E-state index contributed by atoms with van der Waals surface area (Å²) in [5.41, 5.74) is 0.562. The molecule has 0 fully saturated rings. The van der Waals surface area contributed by atoms with Gasteiger partial charge in [0.2, 0.25) is 12.7 Å². The number of fused-ring (bicyclic) bond motifs is 1. The van der Waals surface area contributed by atoms with Crippen molar-refractivity contribution in [3.05, 3.63) is 35.4 Å². The van der Waals surface area contributed by atoms with Gasteiger partial charge in [0.05, 0.1) is 0 Å². The molecule has 0 aliphatic rings. The second-order valence-electron chi connectivity index (χ2n) is 3.81. The zero-order chi connectivity index (χ0) is 13.3. The Balaban J connectivity index is 2.88. The van der Waals surface area contributed by atoms with Crippen LogP contribution in [0.4, 0.5) is 13.2 Å². The van der Waals surface area contributed by atoms with Crippen LogP contribution in [-0.4, -0.2) is 12.0 Å². The van der Waals surface area contributed by atoms with Crippen molar-refractivity contribution in [3.8, 4) is 11.5 Å². The van der Waals surface area contributed by atoms with Gasteiger partial charge in [0, 0.05) is 5.39 Å². The zero-order valence-electron chi connectivity index (χ0n) is 9.64. The van der Waals surface area contributed by atoms with Crippen molar-refractivity contribution in [2.75, 3.05) is 6.86 Å². The summed E-state index contributed by atoms with van der Waals surface area (Å²) in [4.78, 5) is 0. The first-order valence-electron chi connectivity index (χ1n) is 5.40. The van der Waals surface area contributed by atoms with Gasteiger partial charge in [-0.3, -0.25) is 0 Å². The number of hydrogen-bond acceptors (Lipinski definition) is 2. The average Bonchev–Trinajstić information content (AvgIpc) is 2.33. The Morgan fingerprint density at radius 3 is 2.56 bits per heavy atom. The number of ether oxygens (including phenoxy) is 1. The molecule has 0 aromatic heterocycles. The molecule has 0 saturated heterocycles. The van der Waals surface area contributed by atoms with Crippen LogP contribution in [0.15, 0.2) is 18.2 Å². The van der Waals surface area contributed by atoms with Gasteiger partial charge >= 0.3 is 0 Å². The largest absolute Gasteiger partial charge is 0.508 e. The Morgan fingerprint density at radius 2 is 1.94 bits per heavy atom. The molecule has 1 N–H and O–H groups in total.